The summed E-state index contributed by atoms with van der Waals surface area (Å²) in [6.07, 6.45) is 2.34. The van der Waals surface area contributed by atoms with Gasteiger partial charge in [0.2, 0.25) is 6.54 Å². The first kappa shape index (κ1) is 4.97. The number of hydrogen-bond acceptors (Lipinski definition) is 2. The molecule has 40 valence electrons. The molecule has 7 heavy (non-hydrogen) atoms. The van der Waals surface area contributed by atoms with Crippen molar-refractivity contribution in [1.82, 2.24) is 0 Å². The van der Waals surface area contributed by atoms with Crippen LogP contribution in [-0.4, -0.2) is 17.3 Å². The molecule has 0 atom stereocenters. The van der Waals surface area contributed by atoms with Crippen molar-refractivity contribution in [3.05, 3.63) is 0 Å². The first-order valence-electron chi connectivity index (χ1n) is 2.47. The van der Waals surface area contributed by atoms with E-state index in [1.54, 1.807) is 0 Å². The summed E-state index contributed by atoms with van der Waals surface area (Å²) in [4.78, 5) is 4.93. The third-order valence-corrected chi connectivity index (χ3v) is 1.26. The van der Waals surface area contributed by atoms with Crippen LogP contribution in [0, 0.1) is 0 Å². The SMILES string of the molecule is S=[N+]1CCCCO1. The summed E-state index contributed by atoms with van der Waals surface area (Å²) in [6.45, 7) is 1.72. The summed E-state index contributed by atoms with van der Waals surface area (Å²) in [7, 11) is 0. The Labute approximate surface area is 48.2 Å². The summed E-state index contributed by atoms with van der Waals surface area (Å²) in [6, 6.07) is 0. The first-order valence-corrected chi connectivity index (χ1v) is 2.84. The van der Waals surface area contributed by atoms with Crippen LogP contribution < -0.4 is 0 Å². The second-order valence-electron chi connectivity index (χ2n) is 1.60. The molecule has 0 spiro atoms. The summed E-state index contributed by atoms with van der Waals surface area (Å²) in [5, 5.41) is 0. The lowest BCUT2D eigenvalue weighted by Gasteiger charge is -2.02. The van der Waals surface area contributed by atoms with E-state index in [0.717, 1.165) is 19.6 Å². The standard InChI is InChI=1S/C4H8NOS/c7-5-3-1-2-4-6-5/h1-4H2/q+1. The molecule has 1 aliphatic rings. The molecule has 0 saturated carbocycles. The van der Waals surface area contributed by atoms with Gasteiger partial charge >= 0.3 is 12.4 Å². The number of nitrogens with zero attached hydrogens (tertiary/aromatic N) is 1. The van der Waals surface area contributed by atoms with Gasteiger partial charge in [0.25, 0.3) is 0 Å². The van der Waals surface area contributed by atoms with Gasteiger partial charge in [0.15, 0.2) is 6.61 Å². The predicted molar refractivity (Wildman–Crippen MR) is 27.7 cm³/mol. The Hall–Kier alpha value is -0.180. The smallest absolute Gasteiger partial charge is 0.262 e. The van der Waals surface area contributed by atoms with Gasteiger partial charge in [-0.05, 0) is 6.42 Å². The fourth-order valence-corrected chi connectivity index (χ4v) is 0.778. The molecule has 0 bridgehead atoms. The Morgan fingerprint density at radius 1 is 1.43 bits per heavy atom. The van der Waals surface area contributed by atoms with Crippen molar-refractivity contribution >= 4 is 12.4 Å². The second-order valence-corrected chi connectivity index (χ2v) is 2.00. The van der Waals surface area contributed by atoms with Crippen LogP contribution >= 0.6 is 0 Å². The van der Waals surface area contributed by atoms with Gasteiger partial charge in [-0.15, -0.1) is 0 Å². The molecule has 0 unspecified atom stereocenters. The number of hydrogen-bond donors (Lipinski definition) is 0. The van der Waals surface area contributed by atoms with E-state index in [1.807, 2.05) is 0 Å². The van der Waals surface area contributed by atoms with Crippen molar-refractivity contribution in [3.8, 4) is 0 Å². The zero-order valence-corrected chi connectivity index (χ0v) is 4.91. The summed E-state index contributed by atoms with van der Waals surface area (Å²) >= 11 is 4.70. The van der Waals surface area contributed by atoms with Crippen LogP contribution in [0.2, 0.25) is 0 Å². The molecule has 2 nitrogen and oxygen atoms in total. The van der Waals surface area contributed by atoms with Crippen LogP contribution in [0.3, 0.4) is 0 Å². The maximum atomic E-state index is 4.93. The quantitative estimate of drug-likeness (QED) is 0.428. The normalized spacial score (nSPS) is 21.4. The van der Waals surface area contributed by atoms with Crippen LogP contribution in [0.25, 0.3) is 0 Å². The molecule has 1 aliphatic heterocycles. The van der Waals surface area contributed by atoms with Crippen LogP contribution in [0.5, 0.6) is 0 Å². The Balaban J connectivity index is 2.25. The van der Waals surface area contributed by atoms with Gasteiger partial charge in [-0.25, -0.2) is 0 Å². The molecule has 0 amide bonds. The molecule has 0 aromatic carbocycles. The lowest BCUT2D eigenvalue weighted by Crippen LogP contribution is -2.17. The van der Waals surface area contributed by atoms with Crippen molar-refractivity contribution in [2.45, 2.75) is 12.8 Å². The Morgan fingerprint density at radius 3 is 2.57 bits per heavy atom. The average molecular weight is 118 g/mol. The molecule has 3 heteroatoms. The Kier molecular flexibility index (Phi) is 1.57. The molecule has 0 N–H and O–H groups in total. The highest BCUT2D eigenvalue weighted by molar-refractivity contribution is 7.44. The summed E-state index contributed by atoms with van der Waals surface area (Å²) in [5.74, 6) is 0. The van der Waals surface area contributed by atoms with Gasteiger partial charge in [-0.2, -0.15) is 0 Å². The highest BCUT2D eigenvalue weighted by Gasteiger charge is 2.10. The number of hydroxylamine groups is 1. The maximum Gasteiger partial charge on any atom is 0.320 e. The maximum absolute atomic E-state index is 4.93. The van der Waals surface area contributed by atoms with Crippen LogP contribution in [-0.2, 0) is 17.3 Å². The highest BCUT2D eigenvalue weighted by Crippen LogP contribution is 1.97. The first-order chi connectivity index (χ1) is 3.39. The van der Waals surface area contributed by atoms with Crippen molar-refractivity contribution < 1.29 is 8.95 Å². The lowest BCUT2D eigenvalue weighted by atomic mass is 10.3. The molecular formula is C4H8NOS+. The van der Waals surface area contributed by atoms with E-state index in [-0.39, 0.29) is 0 Å². The molecule has 1 saturated heterocycles. The van der Waals surface area contributed by atoms with Gasteiger partial charge in [0.1, 0.15) is 0 Å². The van der Waals surface area contributed by atoms with Gasteiger partial charge in [0, 0.05) is 6.42 Å². The van der Waals surface area contributed by atoms with E-state index < -0.39 is 0 Å². The minimum absolute atomic E-state index is 0.809. The molecule has 0 aromatic heterocycles. The Morgan fingerprint density at radius 2 is 2.29 bits per heavy atom. The molecule has 1 rings (SSSR count). The molecular weight excluding hydrogens is 110 g/mol. The van der Waals surface area contributed by atoms with Gasteiger partial charge in [0.05, 0.1) is 4.11 Å². The summed E-state index contributed by atoms with van der Waals surface area (Å²) < 4.78 is 1.48. The number of rotatable bonds is 0. The van der Waals surface area contributed by atoms with Crippen molar-refractivity contribution in [2.24, 2.45) is 0 Å². The fraction of sp³-hybridized carbons (Fsp3) is 1.00. The third kappa shape index (κ3) is 1.39. The highest BCUT2D eigenvalue weighted by atomic mass is 32.1. The third-order valence-electron chi connectivity index (χ3n) is 0.970. The van der Waals surface area contributed by atoms with Crippen molar-refractivity contribution in [3.63, 3.8) is 0 Å². The van der Waals surface area contributed by atoms with E-state index in [0.29, 0.717) is 0 Å². The largest absolute Gasteiger partial charge is 0.320 e. The molecule has 0 radical (unpaired) electrons. The molecule has 0 aromatic rings. The van der Waals surface area contributed by atoms with Gasteiger partial charge < -0.3 is 0 Å². The molecule has 0 aliphatic carbocycles. The minimum atomic E-state index is 0.809. The fourth-order valence-electron chi connectivity index (χ4n) is 0.574. The molecule has 1 fully saturated rings. The van der Waals surface area contributed by atoms with E-state index in [4.69, 9.17) is 17.3 Å². The average Bonchev–Trinajstić information content (AvgIpc) is 1.69. The second kappa shape index (κ2) is 2.21. The Bertz CT molecular complexity index is 75.8. The minimum Gasteiger partial charge on any atom is -0.262 e. The zero-order chi connectivity index (χ0) is 5.11. The lowest BCUT2D eigenvalue weighted by molar-refractivity contribution is -0.774. The van der Waals surface area contributed by atoms with Gasteiger partial charge in [-0.3, -0.25) is 4.84 Å². The van der Waals surface area contributed by atoms with Crippen molar-refractivity contribution in [1.29, 1.82) is 0 Å². The predicted octanol–water partition coefficient (Wildman–Crippen LogP) is 0.455. The summed E-state index contributed by atoms with van der Waals surface area (Å²) in [5.41, 5.74) is 0. The van der Waals surface area contributed by atoms with Crippen LogP contribution in [0.4, 0.5) is 0 Å². The van der Waals surface area contributed by atoms with Crippen LogP contribution in [0.15, 0.2) is 0 Å². The van der Waals surface area contributed by atoms with E-state index in [2.05, 4.69) is 0 Å². The van der Waals surface area contributed by atoms with E-state index >= 15 is 0 Å². The van der Waals surface area contributed by atoms with Crippen LogP contribution in [0.1, 0.15) is 12.8 Å². The molecule has 1 heterocycles. The monoisotopic (exact) mass is 118 g/mol. The van der Waals surface area contributed by atoms with E-state index in [9.17, 15) is 0 Å². The zero-order valence-electron chi connectivity index (χ0n) is 4.09. The topological polar surface area (TPSA) is 12.2 Å². The van der Waals surface area contributed by atoms with Gasteiger partial charge in [-0.1, -0.05) is 0 Å². The van der Waals surface area contributed by atoms with Crippen molar-refractivity contribution in [2.75, 3.05) is 13.2 Å². The van der Waals surface area contributed by atoms with E-state index in [1.165, 1.54) is 10.5 Å².